The Morgan fingerprint density at radius 3 is 2.69 bits per heavy atom. The number of hydrogen-bond donors (Lipinski definition) is 0. The lowest BCUT2D eigenvalue weighted by Crippen LogP contribution is -2.52. The van der Waals surface area contributed by atoms with Gasteiger partial charge in [0.1, 0.15) is 12.1 Å². The molecular weight excluding hydrogens is 357 g/mol. The molecule has 1 aliphatic heterocycles. The summed E-state index contributed by atoms with van der Waals surface area (Å²) in [6.07, 6.45) is 2.65. The Kier molecular flexibility index (Phi) is 6.55. The van der Waals surface area contributed by atoms with Crippen molar-refractivity contribution in [2.75, 3.05) is 37.7 Å². The normalized spacial score (nSPS) is 16.5. The van der Waals surface area contributed by atoms with E-state index in [2.05, 4.69) is 14.8 Å². The molecule has 0 bridgehead atoms. The van der Waals surface area contributed by atoms with Crippen LogP contribution in [0.4, 0.5) is 10.1 Å². The summed E-state index contributed by atoms with van der Waals surface area (Å²) in [5.41, 5.74) is 1.66. The van der Waals surface area contributed by atoms with Gasteiger partial charge in [-0.05, 0) is 30.3 Å². The van der Waals surface area contributed by atoms with E-state index < -0.39 is 0 Å². The van der Waals surface area contributed by atoms with Gasteiger partial charge in [0.25, 0.3) is 0 Å². The van der Waals surface area contributed by atoms with Crippen molar-refractivity contribution in [2.24, 2.45) is 0 Å². The van der Waals surface area contributed by atoms with E-state index >= 15 is 0 Å². The number of piperazine rings is 1. The van der Waals surface area contributed by atoms with Crippen LogP contribution in [0.2, 0.25) is 5.02 Å². The molecule has 138 valence electrons. The van der Waals surface area contributed by atoms with Crippen LogP contribution in [-0.2, 0) is 16.1 Å². The number of carbonyl (C=O) groups is 1. The number of nitrogens with zero attached hydrogens (tertiary/aromatic N) is 3. The van der Waals surface area contributed by atoms with Crippen LogP contribution in [0, 0.1) is 5.82 Å². The van der Waals surface area contributed by atoms with E-state index in [9.17, 15) is 9.18 Å². The van der Waals surface area contributed by atoms with Crippen LogP contribution < -0.4 is 4.90 Å². The summed E-state index contributed by atoms with van der Waals surface area (Å²) >= 11 is 6.14. The van der Waals surface area contributed by atoms with E-state index in [1.165, 1.54) is 12.1 Å². The number of aromatic nitrogens is 1. The monoisotopic (exact) mass is 377 g/mol. The number of aldehydes is 1. The minimum absolute atomic E-state index is 0.287. The van der Waals surface area contributed by atoms with Crippen LogP contribution in [0.15, 0.2) is 42.6 Å². The first-order valence-electron chi connectivity index (χ1n) is 8.54. The number of anilines is 1. The molecule has 0 radical (unpaired) electrons. The summed E-state index contributed by atoms with van der Waals surface area (Å²) in [5, 5.41) is 0.407. The van der Waals surface area contributed by atoms with Gasteiger partial charge in [-0.1, -0.05) is 17.7 Å². The van der Waals surface area contributed by atoms with E-state index in [1.807, 2.05) is 18.2 Å². The average molecular weight is 378 g/mol. The molecule has 1 aromatic heterocycles. The molecule has 1 atom stereocenters. The van der Waals surface area contributed by atoms with Crippen molar-refractivity contribution in [2.45, 2.75) is 12.6 Å². The Hall–Kier alpha value is -2.02. The molecule has 1 aliphatic rings. The fraction of sp³-hybridized carbons (Fsp3) is 0.368. The van der Waals surface area contributed by atoms with E-state index in [-0.39, 0.29) is 11.9 Å². The lowest BCUT2D eigenvalue weighted by molar-refractivity contribution is -0.115. The van der Waals surface area contributed by atoms with E-state index in [0.29, 0.717) is 31.3 Å². The lowest BCUT2D eigenvalue weighted by Gasteiger charge is -2.38. The minimum atomic E-state index is -0.344. The standard InChI is InChI=1S/C19H21ClFN3O2/c20-18-11-15(21)4-5-19(18)24-9-7-23(8-10-24)17(12-25)14-26-13-16-3-1-2-6-22-16/h1-6,11-12,17H,7-10,13-14H2. The SMILES string of the molecule is O=CC(COCc1ccccn1)N1CCN(c2ccc(F)cc2Cl)CC1. The number of ether oxygens (including phenoxy) is 1. The molecule has 0 aliphatic carbocycles. The molecule has 0 spiro atoms. The van der Waals surface area contributed by atoms with Crippen molar-refractivity contribution in [3.63, 3.8) is 0 Å². The zero-order valence-corrected chi connectivity index (χ0v) is 15.1. The van der Waals surface area contributed by atoms with Gasteiger partial charge in [-0.25, -0.2) is 4.39 Å². The third-order valence-electron chi connectivity index (χ3n) is 4.46. The first-order chi connectivity index (χ1) is 12.7. The Labute approximate surface area is 157 Å². The molecule has 0 saturated carbocycles. The molecule has 1 saturated heterocycles. The maximum Gasteiger partial charge on any atom is 0.139 e. The highest BCUT2D eigenvalue weighted by Crippen LogP contribution is 2.27. The van der Waals surface area contributed by atoms with Gasteiger partial charge < -0.3 is 14.4 Å². The van der Waals surface area contributed by atoms with Gasteiger partial charge in [0.15, 0.2) is 0 Å². The van der Waals surface area contributed by atoms with Crippen LogP contribution in [0.5, 0.6) is 0 Å². The summed E-state index contributed by atoms with van der Waals surface area (Å²) in [6.45, 7) is 3.58. The second-order valence-electron chi connectivity index (χ2n) is 6.16. The van der Waals surface area contributed by atoms with Crippen LogP contribution in [0.25, 0.3) is 0 Å². The average Bonchev–Trinajstić information content (AvgIpc) is 2.66. The van der Waals surface area contributed by atoms with Crippen LogP contribution >= 0.6 is 11.6 Å². The molecule has 1 aromatic carbocycles. The fourth-order valence-corrected chi connectivity index (χ4v) is 3.32. The molecular formula is C19H21ClFN3O2. The van der Waals surface area contributed by atoms with Gasteiger partial charge in [0, 0.05) is 32.4 Å². The van der Waals surface area contributed by atoms with Gasteiger partial charge in [0.2, 0.25) is 0 Å². The zero-order chi connectivity index (χ0) is 18.4. The first-order valence-corrected chi connectivity index (χ1v) is 8.92. The molecule has 2 heterocycles. The first kappa shape index (κ1) is 18.8. The Morgan fingerprint density at radius 1 is 1.23 bits per heavy atom. The molecule has 0 N–H and O–H groups in total. The highest BCUT2D eigenvalue weighted by atomic mass is 35.5. The molecule has 1 fully saturated rings. The van der Waals surface area contributed by atoms with Crippen molar-refractivity contribution in [3.05, 3.63) is 59.1 Å². The maximum atomic E-state index is 13.2. The van der Waals surface area contributed by atoms with Crippen LogP contribution in [-0.4, -0.2) is 55.0 Å². The molecule has 7 heteroatoms. The number of rotatable bonds is 7. The van der Waals surface area contributed by atoms with Crippen molar-refractivity contribution < 1.29 is 13.9 Å². The zero-order valence-electron chi connectivity index (χ0n) is 14.4. The summed E-state index contributed by atoms with van der Waals surface area (Å²) < 4.78 is 18.9. The van der Waals surface area contributed by atoms with E-state index in [4.69, 9.17) is 16.3 Å². The number of benzene rings is 1. The number of carbonyl (C=O) groups excluding carboxylic acids is 1. The van der Waals surface area contributed by atoms with Crippen molar-refractivity contribution in [3.8, 4) is 0 Å². The summed E-state index contributed by atoms with van der Waals surface area (Å²) in [5.74, 6) is -0.344. The number of hydrogen-bond acceptors (Lipinski definition) is 5. The summed E-state index contributed by atoms with van der Waals surface area (Å²) in [7, 11) is 0. The highest BCUT2D eigenvalue weighted by Gasteiger charge is 2.24. The molecule has 5 nitrogen and oxygen atoms in total. The molecule has 26 heavy (non-hydrogen) atoms. The van der Waals surface area contributed by atoms with Gasteiger partial charge in [0.05, 0.1) is 35.7 Å². The number of pyridine rings is 1. The third-order valence-corrected chi connectivity index (χ3v) is 4.76. The molecule has 1 unspecified atom stereocenters. The highest BCUT2D eigenvalue weighted by molar-refractivity contribution is 6.33. The quantitative estimate of drug-likeness (QED) is 0.694. The van der Waals surface area contributed by atoms with Gasteiger partial charge in [-0.2, -0.15) is 0 Å². The Bertz CT molecular complexity index is 724. The van der Waals surface area contributed by atoms with Crippen LogP contribution in [0.3, 0.4) is 0 Å². The summed E-state index contributed by atoms with van der Waals surface area (Å²) in [4.78, 5) is 19.9. The molecule has 2 aromatic rings. The van der Waals surface area contributed by atoms with Gasteiger partial charge >= 0.3 is 0 Å². The van der Waals surface area contributed by atoms with Crippen LogP contribution in [0.1, 0.15) is 5.69 Å². The largest absolute Gasteiger partial charge is 0.373 e. The number of halogens is 2. The molecule has 0 amide bonds. The third kappa shape index (κ3) is 4.78. The minimum Gasteiger partial charge on any atom is -0.373 e. The smallest absolute Gasteiger partial charge is 0.139 e. The topological polar surface area (TPSA) is 45.7 Å². The van der Waals surface area contributed by atoms with Crippen molar-refractivity contribution in [1.82, 2.24) is 9.88 Å². The predicted molar refractivity (Wildman–Crippen MR) is 98.9 cm³/mol. The second kappa shape index (κ2) is 9.07. The van der Waals surface area contributed by atoms with Crippen molar-refractivity contribution >= 4 is 23.6 Å². The Morgan fingerprint density at radius 2 is 2.04 bits per heavy atom. The van der Waals surface area contributed by atoms with E-state index in [1.54, 1.807) is 12.3 Å². The fourth-order valence-electron chi connectivity index (χ4n) is 3.03. The van der Waals surface area contributed by atoms with E-state index in [0.717, 1.165) is 30.8 Å². The lowest BCUT2D eigenvalue weighted by atomic mass is 10.2. The maximum absolute atomic E-state index is 13.2. The molecule has 3 rings (SSSR count). The van der Waals surface area contributed by atoms with Crippen molar-refractivity contribution in [1.29, 1.82) is 0 Å². The van der Waals surface area contributed by atoms with Gasteiger partial charge in [-0.15, -0.1) is 0 Å². The Balaban J connectivity index is 1.50. The summed E-state index contributed by atoms with van der Waals surface area (Å²) in [6, 6.07) is 9.79. The van der Waals surface area contributed by atoms with Gasteiger partial charge in [-0.3, -0.25) is 9.88 Å². The predicted octanol–water partition coefficient (Wildman–Crippen LogP) is 2.78. The second-order valence-corrected chi connectivity index (χ2v) is 6.57.